The van der Waals surface area contributed by atoms with E-state index in [0.717, 1.165) is 11.8 Å². The number of benzene rings is 1. The van der Waals surface area contributed by atoms with E-state index in [1.165, 1.54) is 75.3 Å². The second-order valence-electron chi connectivity index (χ2n) is 6.91. The van der Waals surface area contributed by atoms with E-state index in [-0.39, 0.29) is 0 Å². The molecule has 0 aliphatic heterocycles. The molecular weight excluding hydrogens is 240 g/mol. The van der Waals surface area contributed by atoms with E-state index in [1.54, 1.807) is 0 Å². The zero-order valence-corrected chi connectivity index (χ0v) is 13.5. The van der Waals surface area contributed by atoms with Crippen LogP contribution in [-0.4, -0.2) is 0 Å². The Labute approximate surface area is 126 Å². The molecule has 1 aromatic carbocycles. The molecule has 2 rings (SSSR count). The molecule has 1 saturated carbocycles. The van der Waals surface area contributed by atoms with Crippen LogP contribution in [0.2, 0.25) is 0 Å². The lowest BCUT2D eigenvalue weighted by Crippen LogP contribution is -2.15. The highest BCUT2D eigenvalue weighted by molar-refractivity contribution is 5.21. The summed E-state index contributed by atoms with van der Waals surface area (Å²) in [7, 11) is 0. The van der Waals surface area contributed by atoms with Gasteiger partial charge < -0.3 is 0 Å². The van der Waals surface area contributed by atoms with E-state index in [9.17, 15) is 0 Å². The smallest absolute Gasteiger partial charge is 0.0276 e. The molecule has 112 valence electrons. The fourth-order valence-electron chi connectivity index (χ4n) is 3.62. The molecule has 0 bridgehead atoms. The lowest BCUT2D eigenvalue weighted by Gasteiger charge is -2.28. The SMILES string of the molecule is CCCCCC1CCC(CCc2ccc(C)cc2)CC1. The maximum atomic E-state index is 2.31. The van der Waals surface area contributed by atoms with Crippen molar-refractivity contribution in [2.45, 2.75) is 78.1 Å². The molecule has 0 heterocycles. The van der Waals surface area contributed by atoms with Crippen molar-refractivity contribution in [2.24, 2.45) is 11.8 Å². The van der Waals surface area contributed by atoms with Gasteiger partial charge in [0, 0.05) is 0 Å². The van der Waals surface area contributed by atoms with Gasteiger partial charge in [0.1, 0.15) is 0 Å². The first kappa shape index (κ1) is 15.6. The normalized spacial score (nSPS) is 22.9. The summed E-state index contributed by atoms with van der Waals surface area (Å²) in [6.45, 7) is 4.48. The largest absolute Gasteiger partial charge is 0.0654 e. The van der Waals surface area contributed by atoms with Gasteiger partial charge in [0.25, 0.3) is 0 Å². The summed E-state index contributed by atoms with van der Waals surface area (Å²) in [6.07, 6.45) is 14.4. The van der Waals surface area contributed by atoms with Crippen molar-refractivity contribution >= 4 is 0 Å². The van der Waals surface area contributed by atoms with Crippen LogP contribution in [0.1, 0.15) is 75.8 Å². The highest BCUT2D eigenvalue weighted by atomic mass is 14.3. The average Bonchev–Trinajstić information content (AvgIpc) is 2.48. The molecule has 0 nitrogen and oxygen atoms in total. The maximum Gasteiger partial charge on any atom is -0.0276 e. The minimum Gasteiger partial charge on any atom is -0.0654 e. The molecule has 0 saturated heterocycles. The Hall–Kier alpha value is -0.780. The molecule has 0 unspecified atom stereocenters. The average molecular weight is 272 g/mol. The van der Waals surface area contributed by atoms with Gasteiger partial charge in [-0.05, 0) is 37.2 Å². The number of aryl methyl sites for hydroxylation is 2. The zero-order chi connectivity index (χ0) is 14.2. The summed E-state index contributed by atoms with van der Waals surface area (Å²) in [5.41, 5.74) is 2.90. The lowest BCUT2D eigenvalue weighted by atomic mass is 9.78. The molecule has 0 heteroatoms. The van der Waals surface area contributed by atoms with Crippen molar-refractivity contribution in [1.82, 2.24) is 0 Å². The predicted octanol–water partition coefficient (Wildman–Crippen LogP) is 6.31. The molecule has 1 aromatic rings. The molecule has 0 N–H and O–H groups in total. The van der Waals surface area contributed by atoms with Crippen LogP contribution >= 0.6 is 0 Å². The molecule has 0 spiro atoms. The molecule has 0 atom stereocenters. The van der Waals surface area contributed by atoms with Gasteiger partial charge in [-0.3, -0.25) is 0 Å². The Kier molecular flexibility index (Phi) is 6.63. The van der Waals surface area contributed by atoms with Crippen molar-refractivity contribution < 1.29 is 0 Å². The number of hydrogen-bond acceptors (Lipinski definition) is 0. The molecule has 0 radical (unpaired) electrons. The third-order valence-corrected chi connectivity index (χ3v) is 5.14. The van der Waals surface area contributed by atoms with E-state index >= 15 is 0 Å². The van der Waals surface area contributed by atoms with E-state index < -0.39 is 0 Å². The molecule has 1 fully saturated rings. The van der Waals surface area contributed by atoms with Crippen molar-refractivity contribution in [2.75, 3.05) is 0 Å². The second kappa shape index (κ2) is 8.49. The Balaban J connectivity index is 1.63. The van der Waals surface area contributed by atoms with Gasteiger partial charge >= 0.3 is 0 Å². The molecule has 0 amide bonds. The molecule has 0 aromatic heterocycles. The predicted molar refractivity (Wildman–Crippen MR) is 89.1 cm³/mol. The van der Waals surface area contributed by atoms with Crippen molar-refractivity contribution in [1.29, 1.82) is 0 Å². The van der Waals surface area contributed by atoms with Crippen LogP contribution in [0.3, 0.4) is 0 Å². The number of hydrogen-bond donors (Lipinski definition) is 0. The Morgan fingerprint density at radius 1 is 0.850 bits per heavy atom. The first-order valence-electron chi connectivity index (χ1n) is 8.83. The minimum absolute atomic E-state index is 0.999. The molecule has 1 aliphatic carbocycles. The summed E-state index contributed by atoms with van der Waals surface area (Å²) >= 11 is 0. The van der Waals surface area contributed by atoms with Gasteiger partial charge in [0.15, 0.2) is 0 Å². The van der Waals surface area contributed by atoms with Gasteiger partial charge in [0.2, 0.25) is 0 Å². The van der Waals surface area contributed by atoms with E-state index in [4.69, 9.17) is 0 Å². The maximum absolute atomic E-state index is 2.31. The first-order valence-corrected chi connectivity index (χ1v) is 8.83. The Morgan fingerprint density at radius 2 is 1.45 bits per heavy atom. The van der Waals surface area contributed by atoms with E-state index in [1.807, 2.05) is 0 Å². The van der Waals surface area contributed by atoms with Crippen LogP contribution in [0.15, 0.2) is 24.3 Å². The van der Waals surface area contributed by atoms with Crippen LogP contribution in [0.5, 0.6) is 0 Å². The van der Waals surface area contributed by atoms with Gasteiger partial charge in [-0.2, -0.15) is 0 Å². The van der Waals surface area contributed by atoms with Crippen molar-refractivity contribution in [3.63, 3.8) is 0 Å². The zero-order valence-electron chi connectivity index (χ0n) is 13.5. The van der Waals surface area contributed by atoms with Gasteiger partial charge in [-0.15, -0.1) is 0 Å². The van der Waals surface area contributed by atoms with Crippen LogP contribution in [-0.2, 0) is 6.42 Å². The van der Waals surface area contributed by atoms with Crippen LogP contribution in [0, 0.1) is 18.8 Å². The van der Waals surface area contributed by atoms with Crippen molar-refractivity contribution in [3.8, 4) is 0 Å². The minimum atomic E-state index is 0.999. The van der Waals surface area contributed by atoms with Crippen molar-refractivity contribution in [3.05, 3.63) is 35.4 Å². The third kappa shape index (κ3) is 5.31. The van der Waals surface area contributed by atoms with E-state index in [0.29, 0.717) is 0 Å². The summed E-state index contributed by atoms with van der Waals surface area (Å²) < 4.78 is 0. The summed E-state index contributed by atoms with van der Waals surface area (Å²) in [4.78, 5) is 0. The molecular formula is C20H32. The highest BCUT2D eigenvalue weighted by Gasteiger charge is 2.20. The number of unbranched alkanes of at least 4 members (excludes halogenated alkanes) is 2. The fourth-order valence-corrected chi connectivity index (χ4v) is 3.62. The van der Waals surface area contributed by atoms with Crippen LogP contribution < -0.4 is 0 Å². The topological polar surface area (TPSA) is 0 Å². The Bertz CT molecular complexity index is 354. The highest BCUT2D eigenvalue weighted by Crippen LogP contribution is 2.34. The van der Waals surface area contributed by atoms with Gasteiger partial charge in [0.05, 0.1) is 0 Å². The van der Waals surface area contributed by atoms with Crippen LogP contribution in [0.25, 0.3) is 0 Å². The third-order valence-electron chi connectivity index (χ3n) is 5.14. The molecule has 1 aliphatic rings. The van der Waals surface area contributed by atoms with Crippen LogP contribution in [0.4, 0.5) is 0 Å². The second-order valence-corrected chi connectivity index (χ2v) is 6.91. The summed E-state index contributed by atoms with van der Waals surface area (Å²) in [5, 5.41) is 0. The van der Waals surface area contributed by atoms with Gasteiger partial charge in [-0.1, -0.05) is 88.1 Å². The monoisotopic (exact) mass is 272 g/mol. The summed E-state index contributed by atoms with van der Waals surface area (Å²) in [5.74, 6) is 2.05. The quantitative estimate of drug-likeness (QED) is 0.510. The van der Waals surface area contributed by atoms with Gasteiger partial charge in [-0.25, -0.2) is 0 Å². The van der Waals surface area contributed by atoms with E-state index in [2.05, 4.69) is 38.1 Å². The molecule has 20 heavy (non-hydrogen) atoms. The summed E-state index contributed by atoms with van der Waals surface area (Å²) in [6, 6.07) is 9.12. The number of rotatable bonds is 7. The lowest BCUT2D eigenvalue weighted by molar-refractivity contribution is 0.249. The fraction of sp³-hybridized carbons (Fsp3) is 0.700. The standard InChI is InChI=1S/C20H32/c1-3-4-5-6-18-11-13-20(14-12-18)16-15-19-9-7-17(2)8-10-19/h7-10,18,20H,3-6,11-16H2,1-2H3. The first-order chi connectivity index (χ1) is 9.78. The Morgan fingerprint density at radius 3 is 2.05 bits per heavy atom.